The van der Waals surface area contributed by atoms with Crippen LogP contribution in [0.5, 0.6) is 17.2 Å². The van der Waals surface area contributed by atoms with Gasteiger partial charge in [-0.25, -0.2) is 4.39 Å². The second kappa shape index (κ2) is 10.8. The van der Waals surface area contributed by atoms with Gasteiger partial charge in [0.25, 0.3) is 0 Å². The van der Waals surface area contributed by atoms with Gasteiger partial charge in [0, 0.05) is 6.42 Å². The van der Waals surface area contributed by atoms with E-state index < -0.39 is 0 Å². The number of nitrogens with zero attached hydrogens (tertiary/aromatic N) is 1. The molecular weight excluding hydrogens is 435 g/mol. The molecule has 2 atom stereocenters. The molecule has 0 aromatic heterocycles. The summed E-state index contributed by atoms with van der Waals surface area (Å²) in [6.45, 7) is 9.37. The lowest BCUT2D eigenvalue weighted by Crippen LogP contribution is -2.27. The van der Waals surface area contributed by atoms with E-state index >= 15 is 0 Å². The number of carbonyl (C=O) groups is 1. The fourth-order valence-electron chi connectivity index (χ4n) is 4.27. The third-order valence-electron chi connectivity index (χ3n) is 6.03. The summed E-state index contributed by atoms with van der Waals surface area (Å²) in [6, 6.07) is 8.07. The SMILES string of the molecule is C=C/C=C(/CNC(=O)CC1c2cc(F)ccc2/C(=C\c2cc(OC)c(O)c(OC)c2)C1C)N=C. The Labute approximate surface area is 199 Å². The summed E-state index contributed by atoms with van der Waals surface area (Å²) >= 11 is 0. The highest BCUT2D eigenvalue weighted by Crippen LogP contribution is 2.49. The smallest absolute Gasteiger partial charge is 0.220 e. The molecule has 34 heavy (non-hydrogen) atoms. The number of phenols is 1. The number of rotatable bonds is 9. The average molecular weight is 465 g/mol. The highest BCUT2D eigenvalue weighted by molar-refractivity contribution is 5.89. The zero-order valence-electron chi connectivity index (χ0n) is 19.6. The standard InChI is InChI=1S/C27H29FN2O4/c1-6-7-19(29-3)15-30-26(31)14-22-16(2)21(20-9-8-18(28)13-23(20)22)10-17-11-24(33-4)27(32)25(12-17)34-5/h6-13,16,22,32H,1,3,14-15H2,2,4-5H3,(H,30,31)/b19-7-,21-10-. The van der Waals surface area contributed by atoms with Crippen LogP contribution in [0.3, 0.4) is 0 Å². The van der Waals surface area contributed by atoms with Crippen LogP contribution >= 0.6 is 0 Å². The van der Waals surface area contributed by atoms with E-state index in [0.717, 1.165) is 22.3 Å². The first-order chi connectivity index (χ1) is 16.3. The quantitative estimate of drug-likeness (QED) is 0.400. The molecule has 6 nitrogen and oxygen atoms in total. The Morgan fingerprint density at radius 2 is 1.91 bits per heavy atom. The number of allylic oxidation sites excluding steroid dienone is 3. The molecule has 0 bridgehead atoms. The van der Waals surface area contributed by atoms with Crippen molar-refractivity contribution >= 4 is 24.3 Å². The number of halogens is 1. The zero-order chi connectivity index (χ0) is 24.8. The van der Waals surface area contributed by atoms with Crippen molar-refractivity contribution in [3.63, 3.8) is 0 Å². The van der Waals surface area contributed by atoms with Gasteiger partial charge < -0.3 is 19.9 Å². The molecular formula is C27H29FN2O4. The van der Waals surface area contributed by atoms with Crippen molar-refractivity contribution in [2.24, 2.45) is 10.9 Å². The molecule has 178 valence electrons. The number of hydrogen-bond acceptors (Lipinski definition) is 5. The highest BCUT2D eigenvalue weighted by Gasteiger charge is 2.35. The minimum absolute atomic E-state index is 0.0611. The van der Waals surface area contributed by atoms with Crippen molar-refractivity contribution in [3.8, 4) is 17.2 Å². The number of phenolic OH excluding ortho intramolecular Hbond substituents is 1. The second-order valence-corrected chi connectivity index (χ2v) is 8.03. The molecule has 0 aliphatic heterocycles. The van der Waals surface area contributed by atoms with Gasteiger partial charge in [-0.15, -0.1) is 0 Å². The van der Waals surface area contributed by atoms with Crippen molar-refractivity contribution in [2.45, 2.75) is 19.3 Å². The minimum atomic E-state index is -0.349. The zero-order valence-corrected chi connectivity index (χ0v) is 19.6. The first kappa shape index (κ1) is 24.8. The first-order valence-corrected chi connectivity index (χ1v) is 10.8. The maximum absolute atomic E-state index is 14.2. The summed E-state index contributed by atoms with van der Waals surface area (Å²) in [5.41, 5.74) is 3.99. The molecule has 0 heterocycles. The van der Waals surface area contributed by atoms with Crippen LogP contribution in [-0.2, 0) is 4.79 Å². The number of ether oxygens (including phenoxy) is 2. The predicted molar refractivity (Wildman–Crippen MR) is 133 cm³/mol. The van der Waals surface area contributed by atoms with Crippen molar-refractivity contribution in [1.29, 1.82) is 0 Å². The van der Waals surface area contributed by atoms with Crippen LogP contribution < -0.4 is 14.8 Å². The lowest BCUT2D eigenvalue weighted by molar-refractivity contribution is -0.121. The maximum atomic E-state index is 14.2. The number of fused-ring (bicyclic) bond motifs is 1. The molecule has 2 N–H and O–H groups in total. The molecule has 1 aliphatic carbocycles. The van der Waals surface area contributed by atoms with Gasteiger partial charge in [0.15, 0.2) is 11.5 Å². The van der Waals surface area contributed by atoms with Crippen LogP contribution in [0.4, 0.5) is 4.39 Å². The lowest BCUT2D eigenvalue weighted by atomic mass is 9.88. The average Bonchev–Trinajstić information content (AvgIpc) is 3.07. The Morgan fingerprint density at radius 1 is 1.24 bits per heavy atom. The van der Waals surface area contributed by atoms with Gasteiger partial charge in [0.1, 0.15) is 5.82 Å². The van der Waals surface area contributed by atoms with Crippen LogP contribution in [-0.4, -0.2) is 38.5 Å². The normalized spacial score (nSPS) is 18.4. The van der Waals surface area contributed by atoms with Crippen LogP contribution in [0, 0.1) is 11.7 Å². The Morgan fingerprint density at radius 3 is 2.50 bits per heavy atom. The minimum Gasteiger partial charge on any atom is -0.502 e. The van der Waals surface area contributed by atoms with Crippen molar-refractivity contribution in [3.05, 3.63) is 77.3 Å². The van der Waals surface area contributed by atoms with Crippen molar-refractivity contribution < 1.29 is 23.8 Å². The largest absolute Gasteiger partial charge is 0.502 e. The molecule has 0 spiro atoms. The summed E-state index contributed by atoms with van der Waals surface area (Å²) in [5.74, 6) is -0.298. The number of methoxy groups -OCH3 is 2. The van der Waals surface area contributed by atoms with E-state index in [1.807, 2.05) is 13.0 Å². The van der Waals surface area contributed by atoms with Gasteiger partial charge in [-0.3, -0.25) is 9.79 Å². The Kier molecular flexibility index (Phi) is 7.89. The molecule has 2 unspecified atom stereocenters. The van der Waals surface area contributed by atoms with Gasteiger partial charge in [-0.05, 0) is 71.2 Å². The van der Waals surface area contributed by atoms with Gasteiger partial charge in [0.05, 0.1) is 26.5 Å². The van der Waals surface area contributed by atoms with Gasteiger partial charge >= 0.3 is 0 Å². The molecule has 3 rings (SSSR count). The number of aromatic hydroxyl groups is 1. The van der Waals surface area contributed by atoms with Gasteiger partial charge in [-0.1, -0.05) is 31.7 Å². The summed E-state index contributed by atoms with van der Waals surface area (Å²) in [5, 5.41) is 13.1. The van der Waals surface area contributed by atoms with E-state index in [1.165, 1.54) is 26.4 Å². The fourth-order valence-corrected chi connectivity index (χ4v) is 4.27. The summed E-state index contributed by atoms with van der Waals surface area (Å²) in [6.07, 6.45) is 5.40. The summed E-state index contributed by atoms with van der Waals surface area (Å²) in [7, 11) is 2.93. The van der Waals surface area contributed by atoms with E-state index in [9.17, 15) is 14.3 Å². The number of hydrogen-bond donors (Lipinski definition) is 2. The molecule has 1 aliphatic rings. The van der Waals surface area contributed by atoms with Crippen LogP contribution in [0.25, 0.3) is 11.6 Å². The Bertz CT molecular complexity index is 1140. The number of aliphatic imine (C=N–C) groups is 1. The summed E-state index contributed by atoms with van der Waals surface area (Å²) < 4.78 is 24.7. The van der Waals surface area contributed by atoms with Crippen molar-refractivity contribution in [1.82, 2.24) is 5.32 Å². The topological polar surface area (TPSA) is 80.2 Å². The molecule has 0 radical (unpaired) electrons. The van der Waals surface area contributed by atoms with E-state index in [0.29, 0.717) is 5.70 Å². The predicted octanol–water partition coefficient (Wildman–Crippen LogP) is 5.10. The van der Waals surface area contributed by atoms with Crippen LogP contribution in [0.1, 0.15) is 36.0 Å². The lowest BCUT2D eigenvalue weighted by Gasteiger charge is -2.17. The molecule has 7 heteroatoms. The third-order valence-corrected chi connectivity index (χ3v) is 6.03. The van der Waals surface area contributed by atoms with Gasteiger partial charge in [0.2, 0.25) is 11.7 Å². The summed E-state index contributed by atoms with van der Waals surface area (Å²) in [4.78, 5) is 16.6. The highest BCUT2D eigenvalue weighted by atomic mass is 19.1. The molecule has 0 saturated heterocycles. The monoisotopic (exact) mass is 464 g/mol. The van der Waals surface area contributed by atoms with E-state index in [1.54, 1.807) is 30.4 Å². The molecule has 0 fully saturated rings. The van der Waals surface area contributed by atoms with Crippen LogP contribution in [0.2, 0.25) is 0 Å². The van der Waals surface area contributed by atoms with Crippen LogP contribution in [0.15, 0.2) is 59.8 Å². The third kappa shape index (κ3) is 5.20. The molecule has 2 aromatic rings. The van der Waals surface area contributed by atoms with Crippen molar-refractivity contribution in [2.75, 3.05) is 20.8 Å². The maximum Gasteiger partial charge on any atom is 0.220 e. The second-order valence-electron chi connectivity index (χ2n) is 8.03. The van der Waals surface area contributed by atoms with E-state index in [4.69, 9.17) is 9.47 Å². The fraction of sp³-hybridized carbons (Fsp3) is 0.259. The Balaban J connectivity index is 1.94. The molecule has 1 amide bonds. The Hall–Kier alpha value is -3.87. The number of amides is 1. The van der Waals surface area contributed by atoms with Gasteiger partial charge in [-0.2, -0.15) is 0 Å². The number of nitrogens with one attached hydrogen (secondary N) is 1. The molecule has 2 aromatic carbocycles. The molecule has 0 saturated carbocycles. The van der Waals surface area contributed by atoms with E-state index in [2.05, 4.69) is 23.6 Å². The van der Waals surface area contributed by atoms with E-state index in [-0.39, 0.29) is 53.8 Å². The first-order valence-electron chi connectivity index (χ1n) is 10.8. The number of carbonyl (C=O) groups excluding carboxylic acids is 1. The number of benzene rings is 2.